The third-order valence-electron chi connectivity index (χ3n) is 11.3. The quantitative estimate of drug-likeness (QED) is 0.177. The lowest BCUT2D eigenvalue weighted by atomic mass is 9.70. The van der Waals surface area contributed by atoms with Crippen LogP contribution in [-0.4, -0.2) is 7.05 Å². The van der Waals surface area contributed by atoms with Crippen molar-refractivity contribution in [2.24, 2.45) is 11.5 Å². The first-order valence-corrected chi connectivity index (χ1v) is 19.8. The molecule has 57 heavy (non-hydrogen) atoms. The van der Waals surface area contributed by atoms with E-state index >= 15 is 0 Å². The minimum Gasteiger partial charge on any atom is -0.333 e. The van der Waals surface area contributed by atoms with Crippen molar-refractivity contribution >= 4 is 21.5 Å². The van der Waals surface area contributed by atoms with Gasteiger partial charge in [-0.2, -0.15) is 0 Å². The van der Waals surface area contributed by atoms with E-state index in [-0.39, 0.29) is 5.41 Å². The Labute approximate surface area is 337 Å². The van der Waals surface area contributed by atoms with Crippen LogP contribution in [0.2, 0.25) is 0 Å². The second-order valence-corrected chi connectivity index (χ2v) is 14.7. The number of hydrogen-bond acceptors (Lipinski definition) is 2. The average Bonchev–Trinajstić information content (AvgIpc) is 3.75. The summed E-state index contributed by atoms with van der Waals surface area (Å²) in [7, 11) is 1.50. The molecule has 4 N–H and O–H groups in total. The van der Waals surface area contributed by atoms with Gasteiger partial charge in [0.2, 0.25) is 0 Å². The Bertz CT molecular complexity index is 2680. The largest absolute Gasteiger partial charge is 0.333 e. The highest BCUT2D eigenvalue weighted by molar-refractivity contribution is 6.17. The lowest BCUT2D eigenvalue weighted by Gasteiger charge is -2.31. The van der Waals surface area contributed by atoms with Gasteiger partial charge in [0.1, 0.15) is 0 Å². The maximum atomic E-state index is 5.84. The van der Waals surface area contributed by atoms with E-state index < -0.39 is 0 Å². The van der Waals surface area contributed by atoms with Gasteiger partial charge in [-0.05, 0) is 122 Å². The molecule has 9 aromatic rings. The van der Waals surface area contributed by atoms with Gasteiger partial charge in [0.25, 0.3) is 0 Å². The van der Waals surface area contributed by atoms with E-state index in [1.54, 1.807) is 0 Å². The summed E-state index contributed by atoms with van der Waals surface area (Å²) in [5.41, 5.74) is 27.3. The van der Waals surface area contributed by atoms with Gasteiger partial charge in [0, 0.05) is 6.54 Å². The monoisotopic (exact) mass is 736 g/mol. The lowest BCUT2D eigenvalue weighted by Crippen LogP contribution is -2.26. The van der Waals surface area contributed by atoms with Crippen molar-refractivity contribution in [3.05, 3.63) is 239 Å². The first kappa shape index (κ1) is 37.3. The molecule has 11 rings (SSSR count). The molecule has 0 aromatic heterocycles. The molecule has 0 radical (unpaired) electrons. The third kappa shape index (κ3) is 6.74. The smallest absolute Gasteiger partial charge is 0.0726 e. The van der Waals surface area contributed by atoms with E-state index in [1.165, 1.54) is 95.4 Å². The average molecular weight is 737 g/mol. The maximum Gasteiger partial charge on any atom is 0.0726 e. The molecular formula is C55H48N2. The van der Waals surface area contributed by atoms with Crippen LogP contribution in [0, 0.1) is 13.8 Å². The second-order valence-electron chi connectivity index (χ2n) is 14.7. The minimum absolute atomic E-state index is 0.208. The van der Waals surface area contributed by atoms with Crippen molar-refractivity contribution in [2.75, 3.05) is 7.05 Å². The highest BCUT2D eigenvalue weighted by Crippen LogP contribution is 2.62. The Kier molecular flexibility index (Phi) is 10.7. The van der Waals surface area contributed by atoms with Crippen LogP contribution < -0.4 is 11.5 Å². The van der Waals surface area contributed by atoms with Crippen LogP contribution in [0.3, 0.4) is 0 Å². The first-order valence-electron chi connectivity index (χ1n) is 19.8. The molecule has 0 saturated heterocycles. The van der Waals surface area contributed by atoms with Crippen LogP contribution in [0.1, 0.15) is 38.9 Å². The van der Waals surface area contributed by atoms with Gasteiger partial charge in [0.15, 0.2) is 0 Å². The summed E-state index contributed by atoms with van der Waals surface area (Å²) < 4.78 is 0. The zero-order valence-corrected chi connectivity index (χ0v) is 32.9. The van der Waals surface area contributed by atoms with E-state index in [2.05, 4.69) is 189 Å². The molecule has 2 nitrogen and oxygen atoms in total. The van der Waals surface area contributed by atoms with Crippen molar-refractivity contribution in [1.29, 1.82) is 0 Å². The molecule has 9 aromatic carbocycles. The van der Waals surface area contributed by atoms with E-state index in [0.29, 0.717) is 6.54 Å². The first-order chi connectivity index (χ1) is 28.1. The van der Waals surface area contributed by atoms with E-state index in [9.17, 15) is 0 Å². The fourth-order valence-electron chi connectivity index (χ4n) is 8.84. The van der Waals surface area contributed by atoms with Crippen molar-refractivity contribution in [1.82, 2.24) is 0 Å². The highest BCUT2D eigenvalue weighted by Gasteiger charge is 2.50. The lowest BCUT2D eigenvalue weighted by molar-refractivity contribution is 0.796. The number of fused-ring (bicyclic) bond motifs is 7. The Morgan fingerprint density at radius 2 is 0.842 bits per heavy atom. The molecule has 0 unspecified atom stereocenters. The molecule has 1 spiro atoms. The fourth-order valence-corrected chi connectivity index (χ4v) is 8.84. The summed E-state index contributed by atoms with van der Waals surface area (Å²) in [5.74, 6) is 0. The van der Waals surface area contributed by atoms with Crippen LogP contribution in [-0.2, 0) is 12.0 Å². The molecule has 0 aliphatic heterocycles. The molecule has 0 saturated carbocycles. The number of benzene rings is 9. The topological polar surface area (TPSA) is 52.0 Å². The van der Waals surface area contributed by atoms with E-state index in [4.69, 9.17) is 5.73 Å². The third-order valence-corrected chi connectivity index (χ3v) is 11.3. The zero-order chi connectivity index (χ0) is 39.4. The molecule has 0 heterocycles. The zero-order valence-electron chi connectivity index (χ0n) is 32.9. The van der Waals surface area contributed by atoms with Crippen molar-refractivity contribution < 1.29 is 0 Å². The fraction of sp³-hybridized carbons (Fsp3) is 0.0909. The van der Waals surface area contributed by atoms with Crippen LogP contribution in [0.25, 0.3) is 54.9 Å². The normalized spacial score (nSPS) is 12.2. The predicted octanol–water partition coefficient (Wildman–Crippen LogP) is 13.0. The SMILES string of the molecule is CN.Cc1ccc2c(c1)C1(c3ccccc3-2)c2cccc3ccc4cccc1c4c23.Cc1ccccc1.NCc1cc(-c2ccccc2)cc(-c2ccccc2)c1. The van der Waals surface area contributed by atoms with Gasteiger partial charge in [-0.15, -0.1) is 0 Å². The van der Waals surface area contributed by atoms with Crippen LogP contribution in [0.5, 0.6) is 0 Å². The van der Waals surface area contributed by atoms with E-state index in [0.717, 1.165) is 5.56 Å². The van der Waals surface area contributed by atoms with Gasteiger partial charge in [-0.3, -0.25) is 0 Å². The highest BCUT2D eigenvalue weighted by atomic mass is 14.5. The summed E-state index contributed by atoms with van der Waals surface area (Å²) in [6, 6.07) is 71.9. The van der Waals surface area contributed by atoms with Crippen LogP contribution in [0.4, 0.5) is 0 Å². The van der Waals surface area contributed by atoms with Gasteiger partial charge in [-0.1, -0.05) is 193 Å². The summed E-state index contributed by atoms with van der Waals surface area (Å²) in [5, 5.41) is 5.54. The van der Waals surface area contributed by atoms with Gasteiger partial charge >= 0.3 is 0 Å². The summed E-state index contributed by atoms with van der Waals surface area (Å²) >= 11 is 0. The number of hydrogen-bond donors (Lipinski definition) is 2. The molecular weight excluding hydrogens is 689 g/mol. The second kappa shape index (κ2) is 16.3. The Balaban J connectivity index is 0.000000137. The Hall–Kier alpha value is -6.58. The van der Waals surface area contributed by atoms with Crippen molar-refractivity contribution in [3.8, 4) is 33.4 Å². The molecule has 0 bridgehead atoms. The van der Waals surface area contributed by atoms with E-state index in [1.807, 2.05) is 30.3 Å². The molecule has 2 aliphatic carbocycles. The van der Waals surface area contributed by atoms with Gasteiger partial charge in [0.05, 0.1) is 5.41 Å². The number of rotatable bonds is 3. The van der Waals surface area contributed by atoms with Crippen molar-refractivity contribution in [2.45, 2.75) is 25.8 Å². The van der Waals surface area contributed by atoms with Crippen LogP contribution >= 0.6 is 0 Å². The molecule has 0 atom stereocenters. The summed E-state index contributed by atoms with van der Waals surface area (Å²) in [6.45, 7) is 4.85. The maximum absolute atomic E-state index is 5.84. The Morgan fingerprint density at radius 1 is 0.368 bits per heavy atom. The van der Waals surface area contributed by atoms with Crippen LogP contribution in [0.15, 0.2) is 200 Å². The molecule has 0 amide bonds. The Morgan fingerprint density at radius 3 is 1.35 bits per heavy atom. The summed E-state index contributed by atoms with van der Waals surface area (Å²) in [6.07, 6.45) is 0. The predicted molar refractivity (Wildman–Crippen MR) is 244 cm³/mol. The number of aryl methyl sites for hydroxylation is 2. The standard InChI is InChI=1S/C28H18.C19H17N.C7H8.CH5N/c1-17-12-15-21-20-8-2-3-9-22(20)28(25(21)16-17)23-10-4-6-18-13-14-19-7-5-11-24(28)27(19)26(18)23;20-14-15-11-18(16-7-3-1-4-8-16)13-19(12-15)17-9-5-2-6-10-17;1-7-5-3-2-4-6-7;1-2/h2-16H,1H3;1-13H,14,20H2;2-6H,1H3;2H2,1H3. The molecule has 2 heteroatoms. The summed E-state index contributed by atoms with van der Waals surface area (Å²) in [4.78, 5) is 0. The molecule has 0 fully saturated rings. The van der Waals surface area contributed by atoms with Crippen molar-refractivity contribution in [3.63, 3.8) is 0 Å². The minimum atomic E-state index is -0.208. The van der Waals surface area contributed by atoms with Gasteiger partial charge in [-0.25, -0.2) is 0 Å². The molecule has 2 aliphatic rings. The number of nitrogens with two attached hydrogens (primary N) is 2. The van der Waals surface area contributed by atoms with Gasteiger partial charge < -0.3 is 11.5 Å². The molecule has 278 valence electrons.